The average Bonchev–Trinajstić information content (AvgIpc) is 3.05. The standard InChI is InChI=1S/C21H19N5O3/c1-13-11-18(25(2)24-13)20(28)22-15-9-7-14(8-10-15)21(29)26-12-19(27)23-16-5-3-4-6-17(16)26/h3-11H,12H2,1-2H3,(H,22,28)(H,23,27). The third kappa shape index (κ3) is 3.60. The summed E-state index contributed by atoms with van der Waals surface area (Å²) >= 11 is 0. The summed E-state index contributed by atoms with van der Waals surface area (Å²) in [5.41, 5.74) is 3.43. The number of fused-ring (bicyclic) bond motifs is 1. The molecule has 0 saturated carbocycles. The van der Waals surface area contributed by atoms with Gasteiger partial charge in [0.15, 0.2) is 0 Å². The van der Waals surface area contributed by atoms with E-state index in [1.165, 1.54) is 9.58 Å². The number of carbonyl (C=O) groups is 3. The van der Waals surface area contributed by atoms with Gasteiger partial charge >= 0.3 is 0 Å². The van der Waals surface area contributed by atoms with Crippen LogP contribution in [0.5, 0.6) is 0 Å². The number of nitrogens with zero attached hydrogens (tertiary/aromatic N) is 3. The highest BCUT2D eigenvalue weighted by atomic mass is 16.2. The maximum Gasteiger partial charge on any atom is 0.273 e. The third-order valence-electron chi connectivity index (χ3n) is 4.64. The van der Waals surface area contributed by atoms with Crippen LogP contribution >= 0.6 is 0 Å². The van der Waals surface area contributed by atoms with Gasteiger partial charge in [0.25, 0.3) is 11.8 Å². The lowest BCUT2D eigenvalue weighted by Crippen LogP contribution is -2.42. The van der Waals surface area contributed by atoms with Crippen LogP contribution in [0.15, 0.2) is 54.6 Å². The molecule has 8 nitrogen and oxygen atoms in total. The van der Waals surface area contributed by atoms with E-state index in [2.05, 4.69) is 15.7 Å². The molecule has 0 unspecified atom stereocenters. The molecule has 29 heavy (non-hydrogen) atoms. The Kier molecular flexibility index (Phi) is 4.59. The van der Waals surface area contributed by atoms with Gasteiger partial charge in [0, 0.05) is 18.3 Å². The van der Waals surface area contributed by atoms with Crippen molar-refractivity contribution in [1.82, 2.24) is 9.78 Å². The first-order valence-electron chi connectivity index (χ1n) is 9.05. The highest BCUT2D eigenvalue weighted by Gasteiger charge is 2.27. The van der Waals surface area contributed by atoms with E-state index in [-0.39, 0.29) is 24.3 Å². The van der Waals surface area contributed by atoms with Crippen molar-refractivity contribution in [2.45, 2.75) is 6.92 Å². The molecule has 2 heterocycles. The lowest BCUT2D eigenvalue weighted by atomic mass is 10.1. The zero-order valence-electron chi connectivity index (χ0n) is 16.0. The Balaban J connectivity index is 1.52. The van der Waals surface area contributed by atoms with Gasteiger partial charge in [-0.1, -0.05) is 12.1 Å². The smallest absolute Gasteiger partial charge is 0.273 e. The summed E-state index contributed by atoms with van der Waals surface area (Å²) in [6, 6.07) is 15.4. The predicted molar refractivity (Wildman–Crippen MR) is 109 cm³/mol. The quantitative estimate of drug-likeness (QED) is 0.720. The maximum absolute atomic E-state index is 13.0. The summed E-state index contributed by atoms with van der Waals surface area (Å²) < 4.78 is 1.52. The Morgan fingerprint density at radius 3 is 2.52 bits per heavy atom. The Labute approximate surface area is 167 Å². The van der Waals surface area contributed by atoms with E-state index in [0.29, 0.717) is 28.3 Å². The van der Waals surface area contributed by atoms with Gasteiger partial charge in [-0.25, -0.2) is 0 Å². The molecule has 2 aromatic carbocycles. The van der Waals surface area contributed by atoms with Gasteiger partial charge in [-0.3, -0.25) is 24.0 Å². The molecule has 146 valence electrons. The highest BCUT2D eigenvalue weighted by molar-refractivity contribution is 6.15. The van der Waals surface area contributed by atoms with E-state index >= 15 is 0 Å². The Morgan fingerprint density at radius 1 is 1.10 bits per heavy atom. The number of aryl methyl sites for hydroxylation is 2. The van der Waals surface area contributed by atoms with Gasteiger partial charge in [-0.2, -0.15) is 5.10 Å². The van der Waals surface area contributed by atoms with Crippen molar-refractivity contribution < 1.29 is 14.4 Å². The number of amides is 3. The molecule has 4 rings (SSSR count). The molecule has 0 radical (unpaired) electrons. The SMILES string of the molecule is Cc1cc(C(=O)Nc2ccc(C(=O)N3CC(=O)Nc4ccccc43)cc2)n(C)n1. The number of nitrogens with one attached hydrogen (secondary N) is 2. The van der Waals surface area contributed by atoms with Gasteiger partial charge in [-0.05, 0) is 49.4 Å². The molecular weight excluding hydrogens is 370 g/mol. The summed E-state index contributed by atoms with van der Waals surface area (Å²) in [5.74, 6) is -0.811. The molecular formula is C21H19N5O3. The molecule has 0 saturated heterocycles. The number of aromatic nitrogens is 2. The van der Waals surface area contributed by atoms with Gasteiger partial charge in [0.1, 0.15) is 12.2 Å². The molecule has 0 spiro atoms. The number of hydrogen-bond acceptors (Lipinski definition) is 4. The monoisotopic (exact) mass is 389 g/mol. The fourth-order valence-electron chi connectivity index (χ4n) is 3.28. The number of carbonyl (C=O) groups excluding carboxylic acids is 3. The summed E-state index contributed by atoms with van der Waals surface area (Å²) in [4.78, 5) is 38.7. The minimum Gasteiger partial charge on any atom is -0.323 e. The van der Waals surface area contributed by atoms with Crippen molar-refractivity contribution in [1.29, 1.82) is 0 Å². The van der Waals surface area contributed by atoms with E-state index < -0.39 is 0 Å². The van der Waals surface area contributed by atoms with E-state index in [1.807, 2.05) is 13.0 Å². The Hall–Kier alpha value is -3.94. The largest absolute Gasteiger partial charge is 0.323 e. The fraction of sp³-hybridized carbons (Fsp3) is 0.143. The van der Waals surface area contributed by atoms with Crippen LogP contribution in [-0.4, -0.2) is 34.0 Å². The average molecular weight is 389 g/mol. The van der Waals surface area contributed by atoms with Crippen molar-refractivity contribution in [2.24, 2.45) is 7.05 Å². The highest BCUT2D eigenvalue weighted by Crippen LogP contribution is 2.30. The summed E-state index contributed by atoms with van der Waals surface area (Å²) in [5, 5.41) is 9.71. The molecule has 2 N–H and O–H groups in total. The molecule has 1 aliphatic rings. The summed E-state index contributed by atoms with van der Waals surface area (Å²) in [6.07, 6.45) is 0. The summed E-state index contributed by atoms with van der Waals surface area (Å²) in [6.45, 7) is 1.77. The predicted octanol–water partition coefficient (Wildman–Crippen LogP) is 2.58. The van der Waals surface area contributed by atoms with Gasteiger partial charge in [0.2, 0.25) is 5.91 Å². The molecule has 0 aliphatic carbocycles. The van der Waals surface area contributed by atoms with Crippen LogP contribution < -0.4 is 15.5 Å². The van der Waals surface area contributed by atoms with E-state index in [0.717, 1.165) is 5.69 Å². The molecule has 1 aliphatic heterocycles. The molecule has 8 heteroatoms. The second-order valence-corrected chi connectivity index (χ2v) is 6.78. The maximum atomic E-state index is 13.0. The van der Waals surface area contributed by atoms with E-state index in [4.69, 9.17) is 0 Å². The number of rotatable bonds is 3. The van der Waals surface area contributed by atoms with Crippen LogP contribution in [0.1, 0.15) is 26.5 Å². The lowest BCUT2D eigenvalue weighted by molar-refractivity contribution is -0.115. The first kappa shape index (κ1) is 18.4. The fourth-order valence-corrected chi connectivity index (χ4v) is 3.28. The third-order valence-corrected chi connectivity index (χ3v) is 4.64. The lowest BCUT2D eigenvalue weighted by Gasteiger charge is -2.29. The van der Waals surface area contributed by atoms with Crippen LogP contribution in [0.2, 0.25) is 0 Å². The first-order valence-corrected chi connectivity index (χ1v) is 9.05. The second kappa shape index (κ2) is 7.23. The van der Waals surface area contributed by atoms with Crippen LogP contribution in [0, 0.1) is 6.92 Å². The zero-order chi connectivity index (χ0) is 20.5. The second-order valence-electron chi connectivity index (χ2n) is 6.78. The minimum absolute atomic E-state index is 0.0474. The molecule has 3 amide bonds. The van der Waals surface area contributed by atoms with Crippen molar-refractivity contribution in [3.63, 3.8) is 0 Å². The number of hydrogen-bond donors (Lipinski definition) is 2. The zero-order valence-corrected chi connectivity index (χ0v) is 16.0. The number of benzene rings is 2. The molecule has 1 aromatic heterocycles. The van der Waals surface area contributed by atoms with Gasteiger partial charge < -0.3 is 10.6 Å². The normalized spacial score (nSPS) is 12.9. The van der Waals surface area contributed by atoms with Crippen LogP contribution in [0.3, 0.4) is 0 Å². The van der Waals surface area contributed by atoms with E-state index in [9.17, 15) is 14.4 Å². The molecule has 0 fully saturated rings. The van der Waals surface area contributed by atoms with Crippen molar-refractivity contribution in [2.75, 3.05) is 22.1 Å². The molecule has 0 bridgehead atoms. The van der Waals surface area contributed by atoms with Crippen molar-refractivity contribution in [3.05, 3.63) is 71.5 Å². The van der Waals surface area contributed by atoms with Crippen LogP contribution in [0.25, 0.3) is 0 Å². The topological polar surface area (TPSA) is 96.3 Å². The van der Waals surface area contributed by atoms with Crippen LogP contribution in [-0.2, 0) is 11.8 Å². The first-order chi connectivity index (χ1) is 13.9. The molecule has 0 atom stereocenters. The van der Waals surface area contributed by atoms with Gasteiger partial charge in [0.05, 0.1) is 17.1 Å². The summed E-state index contributed by atoms with van der Waals surface area (Å²) in [7, 11) is 1.70. The number of anilines is 3. The van der Waals surface area contributed by atoms with Crippen LogP contribution in [0.4, 0.5) is 17.1 Å². The van der Waals surface area contributed by atoms with Crippen molar-refractivity contribution >= 4 is 34.8 Å². The van der Waals surface area contributed by atoms with Crippen molar-refractivity contribution in [3.8, 4) is 0 Å². The number of para-hydroxylation sites is 2. The Bertz CT molecular complexity index is 1120. The Morgan fingerprint density at radius 2 is 1.83 bits per heavy atom. The minimum atomic E-state index is -0.285. The molecule has 3 aromatic rings. The van der Waals surface area contributed by atoms with E-state index in [1.54, 1.807) is 55.6 Å². The van der Waals surface area contributed by atoms with Gasteiger partial charge in [-0.15, -0.1) is 0 Å².